The van der Waals surface area contributed by atoms with Crippen molar-refractivity contribution in [1.82, 2.24) is 15.6 Å². The zero-order valence-electron chi connectivity index (χ0n) is 16.2. The summed E-state index contributed by atoms with van der Waals surface area (Å²) in [5.41, 5.74) is 4.32. The predicted octanol–water partition coefficient (Wildman–Crippen LogP) is 1.12. The van der Waals surface area contributed by atoms with Gasteiger partial charge in [0.1, 0.15) is 5.82 Å². The molecule has 0 saturated carbocycles. The highest BCUT2D eigenvalue weighted by atomic mass is 32.2. The van der Waals surface area contributed by atoms with Crippen molar-refractivity contribution in [1.29, 1.82) is 0 Å². The Kier molecular flexibility index (Phi) is 8.56. The number of para-hydroxylation sites is 2. The number of halogens is 1. The van der Waals surface area contributed by atoms with Crippen molar-refractivity contribution in [3.05, 3.63) is 54.3 Å². The number of rotatable bonds is 10. The summed E-state index contributed by atoms with van der Waals surface area (Å²) in [6.07, 6.45) is -0.227. The van der Waals surface area contributed by atoms with Crippen LogP contribution < -0.4 is 25.0 Å². The molecule has 162 valence electrons. The molecule has 0 aromatic heterocycles. The molecule has 2 aromatic rings. The van der Waals surface area contributed by atoms with Crippen LogP contribution in [0.5, 0.6) is 11.5 Å². The van der Waals surface area contributed by atoms with Crippen LogP contribution in [0.3, 0.4) is 0 Å². The molecule has 0 aliphatic carbocycles. The smallest absolute Gasteiger partial charge is 0.276 e. The van der Waals surface area contributed by atoms with Gasteiger partial charge in [0.05, 0.1) is 11.5 Å². The highest BCUT2D eigenvalue weighted by Crippen LogP contribution is 2.26. The molecular formula is C19H22FN3O6S. The van der Waals surface area contributed by atoms with Gasteiger partial charge < -0.3 is 9.47 Å². The van der Waals surface area contributed by atoms with E-state index in [0.29, 0.717) is 18.1 Å². The maximum Gasteiger partial charge on any atom is 0.276 e. The van der Waals surface area contributed by atoms with Gasteiger partial charge in [0.25, 0.3) is 5.91 Å². The Labute approximate surface area is 173 Å². The molecule has 0 atom stereocenters. The number of carbonyl (C=O) groups excluding carboxylic acids is 2. The first-order chi connectivity index (χ1) is 14.3. The molecule has 0 saturated heterocycles. The summed E-state index contributed by atoms with van der Waals surface area (Å²) < 4.78 is 49.9. The van der Waals surface area contributed by atoms with Crippen LogP contribution in [-0.4, -0.2) is 40.0 Å². The first-order valence-electron chi connectivity index (χ1n) is 8.99. The lowest BCUT2D eigenvalue weighted by Gasteiger charge is -2.12. The minimum Gasteiger partial charge on any atom is -0.490 e. The molecule has 9 nitrogen and oxygen atoms in total. The highest BCUT2D eigenvalue weighted by molar-refractivity contribution is 7.89. The average Bonchev–Trinajstić information content (AvgIpc) is 2.72. The number of ether oxygens (including phenoxy) is 2. The topological polar surface area (TPSA) is 123 Å². The van der Waals surface area contributed by atoms with Crippen molar-refractivity contribution in [2.45, 2.75) is 18.2 Å². The Hall–Kier alpha value is -3.18. The molecule has 2 rings (SSSR count). The number of benzene rings is 2. The Morgan fingerprint density at radius 2 is 1.53 bits per heavy atom. The van der Waals surface area contributed by atoms with Gasteiger partial charge in [-0.25, -0.2) is 17.5 Å². The third-order valence-electron chi connectivity index (χ3n) is 3.62. The van der Waals surface area contributed by atoms with E-state index in [2.05, 4.69) is 15.6 Å². The van der Waals surface area contributed by atoms with E-state index in [4.69, 9.17) is 9.47 Å². The predicted molar refractivity (Wildman–Crippen MR) is 106 cm³/mol. The molecule has 3 N–H and O–H groups in total. The first kappa shape index (κ1) is 23.1. The molecular weight excluding hydrogens is 417 g/mol. The van der Waals surface area contributed by atoms with Gasteiger partial charge >= 0.3 is 0 Å². The molecule has 2 aromatic carbocycles. The summed E-state index contributed by atoms with van der Waals surface area (Å²) in [5, 5.41) is 0. The van der Waals surface area contributed by atoms with Gasteiger partial charge in [0.15, 0.2) is 18.1 Å². The highest BCUT2D eigenvalue weighted by Gasteiger charge is 2.14. The zero-order chi connectivity index (χ0) is 22.0. The monoisotopic (exact) mass is 439 g/mol. The minimum atomic E-state index is -3.87. The lowest BCUT2D eigenvalue weighted by Crippen LogP contribution is -2.44. The maximum absolute atomic E-state index is 12.9. The average molecular weight is 439 g/mol. The van der Waals surface area contributed by atoms with Crippen molar-refractivity contribution >= 4 is 21.8 Å². The van der Waals surface area contributed by atoms with Gasteiger partial charge in [-0.3, -0.25) is 20.4 Å². The second-order valence-electron chi connectivity index (χ2n) is 5.87. The number of hydrogen-bond donors (Lipinski definition) is 3. The van der Waals surface area contributed by atoms with Crippen LogP contribution >= 0.6 is 0 Å². The van der Waals surface area contributed by atoms with Crippen LogP contribution in [0.4, 0.5) is 4.39 Å². The van der Waals surface area contributed by atoms with Gasteiger partial charge in [-0.2, -0.15) is 0 Å². The number of hydrazine groups is 1. The Balaban J connectivity index is 1.70. The Bertz CT molecular complexity index is 966. The fraction of sp³-hybridized carbons (Fsp3) is 0.263. The molecule has 0 radical (unpaired) electrons. The summed E-state index contributed by atoms with van der Waals surface area (Å²) >= 11 is 0. The fourth-order valence-corrected chi connectivity index (χ4v) is 3.25. The van der Waals surface area contributed by atoms with Crippen molar-refractivity contribution in [2.75, 3.05) is 19.8 Å². The van der Waals surface area contributed by atoms with Gasteiger partial charge in [0.2, 0.25) is 15.9 Å². The molecule has 0 bridgehead atoms. The molecule has 30 heavy (non-hydrogen) atoms. The minimum absolute atomic E-state index is 0.123. The Morgan fingerprint density at radius 3 is 2.17 bits per heavy atom. The zero-order valence-corrected chi connectivity index (χ0v) is 17.0. The van der Waals surface area contributed by atoms with E-state index >= 15 is 0 Å². The summed E-state index contributed by atoms with van der Waals surface area (Å²) in [6.45, 7) is 1.69. The number of carbonyl (C=O) groups is 2. The summed E-state index contributed by atoms with van der Waals surface area (Å²) in [4.78, 5) is 23.4. The third-order valence-corrected chi connectivity index (χ3v) is 5.09. The van der Waals surface area contributed by atoms with Crippen LogP contribution in [-0.2, 0) is 19.6 Å². The largest absolute Gasteiger partial charge is 0.490 e. The SMILES string of the molecule is CCOc1ccccc1OCC(=O)NNC(=O)CCNS(=O)(=O)c1ccc(F)cc1. The lowest BCUT2D eigenvalue weighted by atomic mass is 10.3. The van der Waals surface area contributed by atoms with Crippen molar-refractivity contribution in [2.24, 2.45) is 0 Å². The van der Waals surface area contributed by atoms with Crippen LogP contribution in [0.1, 0.15) is 13.3 Å². The van der Waals surface area contributed by atoms with Crippen molar-refractivity contribution < 1.29 is 31.9 Å². The van der Waals surface area contributed by atoms with Gasteiger partial charge in [-0.1, -0.05) is 12.1 Å². The summed E-state index contributed by atoms with van der Waals surface area (Å²) in [5.74, 6) is -0.905. The van der Waals surface area contributed by atoms with Gasteiger partial charge in [-0.15, -0.1) is 0 Å². The van der Waals surface area contributed by atoms with E-state index in [-0.39, 0.29) is 24.5 Å². The molecule has 0 aliphatic heterocycles. The lowest BCUT2D eigenvalue weighted by molar-refractivity contribution is -0.129. The second kappa shape index (κ2) is 11.1. The fourth-order valence-electron chi connectivity index (χ4n) is 2.22. The van der Waals surface area contributed by atoms with E-state index in [1.54, 1.807) is 24.3 Å². The number of sulfonamides is 1. The van der Waals surface area contributed by atoms with Crippen LogP contribution in [0.15, 0.2) is 53.4 Å². The van der Waals surface area contributed by atoms with Crippen molar-refractivity contribution in [3.8, 4) is 11.5 Å². The third kappa shape index (κ3) is 7.33. The van der Waals surface area contributed by atoms with Gasteiger partial charge in [-0.05, 0) is 43.3 Å². The molecule has 11 heteroatoms. The first-order valence-corrected chi connectivity index (χ1v) is 10.5. The molecule has 0 unspecified atom stereocenters. The van der Waals surface area contributed by atoms with Crippen molar-refractivity contribution in [3.63, 3.8) is 0 Å². The van der Waals surface area contributed by atoms with Crippen LogP contribution in [0.2, 0.25) is 0 Å². The molecule has 2 amide bonds. The van der Waals surface area contributed by atoms with E-state index in [9.17, 15) is 22.4 Å². The van der Waals surface area contributed by atoms with Crippen LogP contribution in [0, 0.1) is 5.82 Å². The number of hydrogen-bond acceptors (Lipinski definition) is 6. The number of amides is 2. The molecule has 0 spiro atoms. The molecule has 0 aliphatic rings. The van der Waals surface area contributed by atoms with E-state index in [0.717, 1.165) is 24.3 Å². The Morgan fingerprint density at radius 1 is 0.933 bits per heavy atom. The van der Waals surface area contributed by atoms with E-state index in [1.165, 1.54) is 0 Å². The maximum atomic E-state index is 12.9. The quantitative estimate of drug-likeness (QED) is 0.477. The molecule has 0 fully saturated rings. The second-order valence-corrected chi connectivity index (χ2v) is 7.63. The van der Waals surface area contributed by atoms with Crippen LogP contribution in [0.25, 0.3) is 0 Å². The summed E-state index contributed by atoms with van der Waals surface area (Å²) in [6, 6.07) is 11.1. The van der Waals surface area contributed by atoms with Gasteiger partial charge in [0, 0.05) is 13.0 Å². The standard InChI is InChI=1S/C19H22FN3O6S/c1-2-28-16-5-3-4-6-17(16)29-13-19(25)23-22-18(24)11-12-21-30(26,27)15-9-7-14(20)8-10-15/h3-10,21H,2,11-13H2,1H3,(H,22,24)(H,23,25). The van der Waals surface area contributed by atoms with E-state index < -0.39 is 27.7 Å². The van der Waals surface area contributed by atoms with E-state index in [1.807, 2.05) is 6.92 Å². The molecule has 0 heterocycles. The number of nitrogens with one attached hydrogen (secondary N) is 3. The normalized spacial score (nSPS) is 10.9. The summed E-state index contributed by atoms with van der Waals surface area (Å²) in [7, 11) is -3.87.